The average Bonchev–Trinajstić information content (AvgIpc) is 3.19. The molecule has 1 aliphatic rings. The lowest BCUT2D eigenvalue weighted by Crippen LogP contribution is -2.12. The number of ether oxygens (including phenoxy) is 3. The zero-order valence-electron chi connectivity index (χ0n) is 20.7. The van der Waals surface area contributed by atoms with Crippen LogP contribution in [0.4, 0.5) is 5.69 Å². The molecule has 0 aliphatic carbocycles. The summed E-state index contributed by atoms with van der Waals surface area (Å²) in [4.78, 5) is 17.8. The van der Waals surface area contributed by atoms with Crippen LogP contribution in [0, 0.1) is 7.14 Å². The van der Waals surface area contributed by atoms with Gasteiger partial charge in [-0.25, -0.2) is 9.79 Å². The third-order valence-electron chi connectivity index (χ3n) is 5.28. The van der Waals surface area contributed by atoms with Crippen LogP contribution in [0.15, 0.2) is 88.0 Å². The maximum absolute atomic E-state index is 12.7. The van der Waals surface area contributed by atoms with Crippen molar-refractivity contribution in [2.24, 2.45) is 4.99 Å². The van der Waals surface area contributed by atoms with Gasteiger partial charge in [-0.1, -0.05) is 42.1 Å². The van der Waals surface area contributed by atoms with Crippen molar-refractivity contribution in [2.45, 2.75) is 20.5 Å². The minimum Gasteiger partial charge on any atom is -0.506 e. The van der Waals surface area contributed by atoms with Crippen molar-refractivity contribution in [3.8, 4) is 11.5 Å². The summed E-state index contributed by atoms with van der Waals surface area (Å²) in [6.45, 7) is 4.71. The fraction of sp³-hybridized carbons (Fsp3) is 0.172. The van der Waals surface area contributed by atoms with Crippen molar-refractivity contribution < 1.29 is 24.1 Å². The van der Waals surface area contributed by atoms with Crippen molar-refractivity contribution in [1.82, 2.24) is 0 Å². The van der Waals surface area contributed by atoms with Gasteiger partial charge in [0.2, 0.25) is 0 Å². The number of halogens is 2. The Labute approximate surface area is 253 Å². The lowest BCUT2D eigenvalue weighted by Gasteiger charge is -2.15. The van der Waals surface area contributed by atoms with E-state index in [-0.39, 0.29) is 17.9 Å². The molecule has 0 unspecified atom stereocenters. The monoisotopic (exact) mass is 753 g/mol. The smallest absolute Gasteiger partial charge is 0.344 e. The van der Waals surface area contributed by atoms with Crippen molar-refractivity contribution in [2.75, 3.05) is 13.2 Å². The van der Waals surface area contributed by atoms with E-state index in [9.17, 15) is 9.90 Å². The number of hydrogen-bond acceptors (Lipinski definition) is 7. The molecule has 196 valence electrons. The number of aliphatic imine (C=N–C) groups is 1. The van der Waals surface area contributed by atoms with Crippen molar-refractivity contribution >= 4 is 79.7 Å². The molecule has 6 nitrogen and oxygen atoms in total. The third-order valence-corrected chi connectivity index (χ3v) is 7.82. The highest BCUT2D eigenvalue weighted by molar-refractivity contribution is 14.1. The number of aliphatic hydroxyl groups is 1. The van der Waals surface area contributed by atoms with Crippen LogP contribution in [-0.2, 0) is 16.1 Å². The molecule has 1 heterocycles. The van der Waals surface area contributed by atoms with Gasteiger partial charge in [0.15, 0.2) is 11.5 Å². The molecule has 0 amide bonds. The number of thioether (sulfide) groups is 1. The highest BCUT2D eigenvalue weighted by Gasteiger charge is 2.33. The van der Waals surface area contributed by atoms with Crippen LogP contribution in [0.3, 0.4) is 0 Å². The van der Waals surface area contributed by atoms with Crippen LogP contribution in [0.25, 0.3) is 6.08 Å². The van der Waals surface area contributed by atoms with Gasteiger partial charge in [0, 0.05) is 3.57 Å². The van der Waals surface area contributed by atoms with Crippen molar-refractivity contribution in [3.63, 3.8) is 0 Å². The predicted octanol–water partition coefficient (Wildman–Crippen LogP) is 8.07. The Kier molecular flexibility index (Phi) is 10.1. The first-order valence-electron chi connectivity index (χ1n) is 11.9. The Morgan fingerprint density at radius 1 is 1.00 bits per heavy atom. The summed E-state index contributed by atoms with van der Waals surface area (Å²) in [7, 11) is 0. The van der Waals surface area contributed by atoms with E-state index in [4.69, 9.17) is 14.2 Å². The van der Waals surface area contributed by atoms with Gasteiger partial charge in [0.05, 0.1) is 27.4 Å². The molecule has 3 aromatic rings. The predicted molar refractivity (Wildman–Crippen MR) is 169 cm³/mol. The van der Waals surface area contributed by atoms with Gasteiger partial charge in [0.1, 0.15) is 23.0 Å². The molecular weight excluding hydrogens is 728 g/mol. The molecule has 0 fully saturated rings. The highest BCUT2D eigenvalue weighted by atomic mass is 127. The average molecular weight is 753 g/mol. The zero-order chi connectivity index (χ0) is 27.1. The van der Waals surface area contributed by atoms with E-state index >= 15 is 0 Å². The summed E-state index contributed by atoms with van der Waals surface area (Å²) in [6.07, 6.45) is 1.81. The highest BCUT2D eigenvalue weighted by Crippen LogP contribution is 2.42. The molecule has 0 atom stereocenters. The number of aliphatic hydroxyl groups excluding tert-OH is 1. The lowest BCUT2D eigenvalue weighted by atomic mass is 10.1. The van der Waals surface area contributed by atoms with Gasteiger partial charge in [-0.15, -0.1) is 0 Å². The second-order valence-corrected chi connectivity index (χ2v) is 11.4. The molecule has 3 aromatic carbocycles. The van der Waals surface area contributed by atoms with Gasteiger partial charge in [0.25, 0.3) is 0 Å². The molecular formula is C29H25I2NO5S. The quantitative estimate of drug-likeness (QED) is 0.176. The van der Waals surface area contributed by atoms with E-state index in [2.05, 4.69) is 50.2 Å². The molecule has 0 saturated carbocycles. The molecule has 1 aliphatic heterocycles. The number of hydrogen-bond donors (Lipinski definition) is 1. The van der Waals surface area contributed by atoms with E-state index in [1.54, 1.807) is 13.0 Å². The number of carbonyl (C=O) groups excluding carboxylic acids is 1. The fourth-order valence-electron chi connectivity index (χ4n) is 3.57. The van der Waals surface area contributed by atoms with Gasteiger partial charge < -0.3 is 19.3 Å². The van der Waals surface area contributed by atoms with E-state index < -0.39 is 5.97 Å². The summed E-state index contributed by atoms with van der Waals surface area (Å²) < 4.78 is 19.3. The summed E-state index contributed by atoms with van der Waals surface area (Å²) in [5.74, 6) is 0.493. The van der Waals surface area contributed by atoms with Crippen molar-refractivity contribution in [1.29, 1.82) is 0 Å². The summed E-state index contributed by atoms with van der Waals surface area (Å²) in [5, 5.41) is 11.4. The van der Waals surface area contributed by atoms with Crippen LogP contribution in [0.5, 0.6) is 11.5 Å². The van der Waals surface area contributed by atoms with Gasteiger partial charge >= 0.3 is 5.97 Å². The standard InChI is InChI=1S/C29H25I2NO5S/c1-3-35-23-15-19(14-22(31)27(23)37-17-18-10-12-20(30)13-11-18)16-24-26(33)25(29(34)36-4-2)28(38-24)32-21-8-6-5-7-9-21/h5-16,33H,3-4,17H2,1-2H3/b24-16-,32-28?. The number of rotatable bonds is 9. The molecule has 0 saturated heterocycles. The molecule has 1 N–H and O–H groups in total. The summed E-state index contributed by atoms with van der Waals surface area (Å²) >= 11 is 5.72. The SMILES string of the molecule is CCOC(=O)C1=C(O)/C(=C/c2cc(I)c(OCc3ccc(I)cc3)c(OCC)c2)SC1=Nc1ccccc1. The van der Waals surface area contributed by atoms with E-state index in [0.29, 0.717) is 40.3 Å². The van der Waals surface area contributed by atoms with E-state index in [1.807, 2.05) is 73.7 Å². The lowest BCUT2D eigenvalue weighted by molar-refractivity contribution is -0.138. The van der Waals surface area contributed by atoms with Crippen molar-refractivity contribution in [3.05, 3.63) is 101 Å². The Morgan fingerprint density at radius 3 is 2.42 bits per heavy atom. The Morgan fingerprint density at radius 2 is 1.74 bits per heavy atom. The van der Waals surface area contributed by atoms with E-state index in [0.717, 1.165) is 14.7 Å². The second kappa shape index (κ2) is 13.5. The van der Waals surface area contributed by atoms with Crippen LogP contribution in [0.2, 0.25) is 0 Å². The van der Waals surface area contributed by atoms with Crippen LogP contribution in [0.1, 0.15) is 25.0 Å². The molecule has 0 spiro atoms. The minimum atomic E-state index is -0.612. The summed E-state index contributed by atoms with van der Waals surface area (Å²) in [5.41, 5.74) is 2.58. The second-order valence-electron chi connectivity index (χ2n) is 7.99. The molecule has 0 bridgehead atoms. The number of esters is 1. The maximum Gasteiger partial charge on any atom is 0.344 e. The Hall–Kier alpha value is -2.51. The Bertz CT molecular complexity index is 1400. The number of para-hydroxylation sites is 1. The summed E-state index contributed by atoms with van der Waals surface area (Å²) in [6, 6.07) is 21.3. The van der Waals surface area contributed by atoms with Gasteiger partial charge in [-0.2, -0.15) is 0 Å². The first-order valence-corrected chi connectivity index (χ1v) is 14.8. The van der Waals surface area contributed by atoms with Crippen LogP contribution in [-0.4, -0.2) is 29.3 Å². The van der Waals surface area contributed by atoms with Gasteiger partial charge in [-0.3, -0.25) is 0 Å². The topological polar surface area (TPSA) is 77.4 Å². The molecule has 4 rings (SSSR count). The molecule has 38 heavy (non-hydrogen) atoms. The molecule has 0 radical (unpaired) electrons. The van der Waals surface area contributed by atoms with E-state index in [1.165, 1.54) is 15.3 Å². The maximum atomic E-state index is 12.7. The number of nitrogens with zero attached hydrogens (tertiary/aromatic N) is 1. The normalized spacial score (nSPS) is 15.3. The minimum absolute atomic E-state index is 0.0594. The fourth-order valence-corrected chi connectivity index (χ4v) is 5.75. The number of carbonyl (C=O) groups is 1. The first-order chi connectivity index (χ1) is 18.4. The van der Waals surface area contributed by atoms with Gasteiger partial charge in [-0.05, 0) is 113 Å². The first kappa shape index (κ1) is 28.5. The zero-order valence-corrected chi connectivity index (χ0v) is 25.9. The third kappa shape index (κ3) is 7.11. The number of benzene rings is 3. The van der Waals surface area contributed by atoms with Crippen LogP contribution >= 0.6 is 56.9 Å². The largest absolute Gasteiger partial charge is 0.506 e. The van der Waals surface area contributed by atoms with Crippen LogP contribution < -0.4 is 9.47 Å². The molecule has 9 heteroatoms. The molecule has 0 aromatic heterocycles. The Balaban J connectivity index is 1.67.